The summed E-state index contributed by atoms with van der Waals surface area (Å²) in [7, 11) is 0. The van der Waals surface area contributed by atoms with Crippen LogP contribution in [-0.2, 0) is 5.75 Å². The second kappa shape index (κ2) is 5.34. The van der Waals surface area contributed by atoms with Gasteiger partial charge >= 0.3 is 0 Å². The third-order valence-corrected chi connectivity index (χ3v) is 4.42. The zero-order valence-corrected chi connectivity index (χ0v) is 12.3. The first-order chi connectivity index (χ1) is 9.65. The lowest BCUT2D eigenvalue weighted by atomic mass is 10.2. The topological polar surface area (TPSA) is 55.6 Å². The maximum absolute atomic E-state index is 11.8. The zero-order valence-electron chi connectivity index (χ0n) is 10.8. The molecule has 0 radical (unpaired) electrons. The Labute approximate surface area is 125 Å². The molecule has 4 nitrogen and oxygen atoms in total. The van der Waals surface area contributed by atoms with Crippen LogP contribution in [0.15, 0.2) is 41.7 Å². The Bertz CT molecular complexity index is 739. The molecule has 6 heteroatoms. The highest BCUT2D eigenvalue weighted by molar-refractivity contribution is 7.98. The number of hydrogen-bond donors (Lipinski definition) is 1. The molecule has 0 unspecified atom stereocenters. The molecule has 0 spiro atoms. The number of nitrogens with one attached hydrogen (secondary N) is 1. The van der Waals surface area contributed by atoms with Gasteiger partial charge in [-0.25, -0.2) is 4.98 Å². The molecule has 0 amide bonds. The summed E-state index contributed by atoms with van der Waals surface area (Å²) in [5.74, 6) is 0.524. The molecule has 0 saturated heterocycles. The number of aromatic nitrogens is 3. The minimum Gasteiger partial charge on any atom is -0.618 e. The minimum absolute atomic E-state index is 0.524. The highest BCUT2D eigenvalue weighted by Gasteiger charge is 2.14. The normalized spacial score (nSPS) is 11.1. The van der Waals surface area contributed by atoms with Crippen LogP contribution in [0.5, 0.6) is 0 Å². The fourth-order valence-electron chi connectivity index (χ4n) is 1.96. The Kier molecular flexibility index (Phi) is 3.54. The molecule has 20 heavy (non-hydrogen) atoms. The minimum atomic E-state index is 0.524. The molecule has 1 aromatic carbocycles. The van der Waals surface area contributed by atoms with Crippen LogP contribution in [-0.4, -0.2) is 9.97 Å². The van der Waals surface area contributed by atoms with E-state index in [1.807, 2.05) is 31.2 Å². The lowest BCUT2D eigenvalue weighted by molar-refractivity contribution is -0.613. The number of fused-ring (bicyclic) bond motifs is 1. The van der Waals surface area contributed by atoms with Crippen molar-refractivity contribution in [2.24, 2.45) is 0 Å². The molecular formula is C14H12ClN3OS. The van der Waals surface area contributed by atoms with E-state index in [1.54, 1.807) is 6.07 Å². The maximum Gasteiger partial charge on any atom is 0.207 e. The molecule has 2 aromatic heterocycles. The Morgan fingerprint density at radius 1 is 1.35 bits per heavy atom. The highest BCUT2D eigenvalue weighted by Crippen LogP contribution is 2.25. The molecule has 0 fully saturated rings. The second-order valence-electron chi connectivity index (χ2n) is 4.41. The summed E-state index contributed by atoms with van der Waals surface area (Å²) in [6.07, 6.45) is 1.43. The molecule has 0 aliphatic heterocycles. The molecule has 2 heterocycles. The zero-order chi connectivity index (χ0) is 14.1. The molecular weight excluding hydrogens is 294 g/mol. The first kappa shape index (κ1) is 13.3. The van der Waals surface area contributed by atoms with Crippen molar-refractivity contribution >= 4 is 34.4 Å². The van der Waals surface area contributed by atoms with Gasteiger partial charge in [-0.1, -0.05) is 35.5 Å². The molecule has 0 bridgehead atoms. The van der Waals surface area contributed by atoms with E-state index in [0.717, 1.165) is 26.5 Å². The lowest BCUT2D eigenvalue weighted by Gasteiger charge is -2.07. The van der Waals surface area contributed by atoms with Crippen molar-refractivity contribution in [3.05, 3.63) is 58.0 Å². The first-order valence-electron chi connectivity index (χ1n) is 6.10. The van der Waals surface area contributed by atoms with Crippen LogP contribution in [0.3, 0.4) is 0 Å². The second-order valence-corrected chi connectivity index (χ2v) is 5.78. The van der Waals surface area contributed by atoms with Gasteiger partial charge in [-0.15, -0.1) is 0 Å². The molecule has 3 rings (SSSR count). The molecule has 0 saturated carbocycles. The number of nitrogens with zero attached hydrogens (tertiary/aromatic N) is 2. The number of pyridine rings is 1. The van der Waals surface area contributed by atoms with E-state index < -0.39 is 0 Å². The van der Waals surface area contributed by atoms with Gasteiger partial charge in [0.1, 0.15) is 0 Å². The summed E-state index contributed by atoms with van der Waals surface area (Å²) in [6.45, 7) is 1.85. The van der Waals surface area contributed by atoms with Gasteiger partial charge in [-0.05, 0) is 19.1 Å². The van der Waals surface area contributed by atoms with E-state index in [9.17, 15) is 5.21 Å². The average Bonchev–Trinajstić information content (AvgIpc) is 2.86. The summed E-state index contributed by atoms with van der Waals surface area (Å²) in [4.78, 5) is 7.70. The number of hydrogen-bond acceptors (Lipinski definition) is 3. The largest absolute Gasteiger partial charge is 0.618 e. The quantitative estimate of drug-likeness (QED) is 0.458. The number of imidazole rings is 1. The standard InChI is InChI=1S/C14H12ClN3OS/c1-9-10(15)6-7-18(19)13(9)8-20-14-16-11-4-2-3-5-12(11)17-14/h2-7H,8H2,1H3,(H,16,17). The van der Waals surface area contributed by atoms with Crippen LogP contribution < -0.4 is 4.73 Å². The van der Waals surface area contributed by atoms with Gasteiger partial charge < -0.3 is 10.2 Å². The van der Waals surface area contributed by atoms with Gasteiger partial charge in [0.2, 0.25) is 5.69 Å². The number of benzene rings is 1. The van der Waals surface area contributed by atoms with Crippen molar-refractivity contribution in [2.75, 3.05) is 0 Å². The molecule has 1 N–H and O–H groups in total. The van der Waals surface area contributed by atoms with Gasteiger partial charge in [-0.3, -0.25) is 0 Å². The fourth-order valence-corrected chi connectivity index (χ4v) is 3.09. The van der Waals surface area contributed by atoms with Crippen LogP contribution >= 0.6 is 23.4 Å². The van der Waals surface area contributed by atoms with Crippen molar-refractivity contribution in [1.82, 2.24) is 9.97 Å². The van der Waals surface area contributed by atoms with Crippen LogP contribution in [0, 0.1) is 12.1 Å². The summed E-state index contributed by atoms with van der Waals surface area (Å²) in [5, 5.41) is 13.2. The molecule has 102 valence electrons. The van der Waals surface area contributed by atoms with Crippen LogP contribution in [0.1, 0.15) is 11.3 Å². The number of para-hydroxylation sites is 2. The molecule has 3 aromatic rings. The van der Waals surface area contributed by atoms with E-state index in [2.05, 4.69) is 9.97 Å². The van der Waals surface area contributed by atoms with Crippen molar-refractivity contribution in [3.63, 3.8) is 0 Å². The lowest BCUT2D eigenvalue weighted by Crippen LogP contribution is -2.31. The van der Waals surface area contributed by atoms with Gasteiger partial charge in [0.15, 0.2) is 11.4 Å². The highest BCUT2D eigenvalue weighted by atomic mass is 35.5. The van der Waals surface area contributed by atoms with Crippen LogP contribution in [0.25, 0.3) is 11.0 Å². The number of H-pyrrole nitrogens is 1. The van der Waals surface area contributed by atoms with Crippen LogP contribution in [0.2, 0.25) is 5.02 Å². The Morgan fingerprint density at radius 3 is 2.95 bits per heavy atom. The predicted molar refractivity (Wildman–Crippen MR) is 80.8 cm³/mol. The Hall–Kier alpha value is -1.72. The summed E-state index contributed by atoms with van der Waals surface area (Å²) in [5.41, 5.74) is 3.39. The van der Waals surface area contributed by atoms with Crippen molar-refractivity contribution < 1.29 is 4.73 Å². The van der Waals surface area contributed by atoms with E-state index in [4.69, 9.17) is 11.6 Å². The van der Waals surface area contributed by atoms with Gasteiger partial charge in [0.05, 0.1) is 21.8 Å². The summed E-state index contributed by atoms with van der Waals surface area (Å²) in [6, 6.07) is 9.45. The summed E-state index contributed by atoms with van der Waals surface area (Å²) >= 11 is 7.54. The average molecular weight is 306 g/mol. The van der Waals surface area contributed by atoms with Gasteiger partial charge in [0.25, 0.3) is 0 Å². The van der Waals surface area contributed by atoms with Crippen molar-refractivity contribution in [1.29, 1.82) is 0 Å². The third kappa shape index (κ3) is 2.46. The Morgan fingerprint density at radius 2 is 2.15 bits per heavy atom. The maximum atomic E-state index is 11.8. The van der Waals surface area contributed by atoms with Crippen molar-refractivity contribution in [3.8, 4) is 0 Å². The van der Waals surface area contributed by atoms with E-state index >= 15 is 0 Å². The molecule has 0 aliphatic carbocycles. The molecule has 0 atom stereocenters. The number of halogens is 1. The SMILES string of the molecule is Cc1c(Cl)cc[n+]([O-])c1CSc1nc2ccccc2[nH]1. The van der Waals surface area contributed by atoms with E-state index in [1.165, 1.54) is 18.0 Å². The number of rotatable bonds is 3. The van der Waals surface area contributed by atoms with Gasteiger partial charge in [0, 0.05) is 11.6 Å². The van der Waals surface area contributed by atoms with Crippen LogP contribution in [0.4, 0.5) is 0 Å². The predicted octanol–water partition coefficient (Wildman–Crippen LogP) is 3.45. The van der Waals surface area contributed by atoms with Gasteiger partial charge in [-0.2, -0.15) is 4.73 Å². The first-order valence-corrected chi connectivity index (χ1v) is 7.46. The number of thioether (sulfide) groups is 1. The monoisotopic (exact) mass is 305 g/mol. The fraction of sp³-hybridized carbons (Fsp3) is 0.143. The van der Waals surface area contributed by atoms with E-state index in [0.29, 0.717) is 16.5 Å². The Balaban J connectivity index is 1.84. The summed E-state index contributed by atoms with van der Waals surface area (Å²) < 4.78 is 0.858. The third-order valence-electron chi connectivity index (χ3n) is 3.13. The van der Waals surface area contributed by atoms with Crippen molar-refractivity contribution in [2.45, 2.75) is 17.8 Å². The smallest absolute Gasteiger partial charge is 0.207 e. The number of aromatic amines is 1. The van der Waals surface area contributed by atoms with E-state index in [-0.39, 0.29) is 0 Å². The molecule has 0 aliphatic rings.